The summed E-state index contributed by atoms with van der Waals surface area (Å²) in [5.74, 6) is -0.333. The van der Waals surface area contributed by atoms with E-state index in [4.69, 9.17) is 5.11 Å². The Kier molecular flexibility index (Phi) is 7.01. The van der Waals surface area contributed by atoms with Gasteiger partial charge in [-0.1, -0.05) is 6.07 Å². The van der Waals surface area contributed by atoms with Crippen molar-refractivity contribution in [2.45, 2.75) is 25.9 Å². The SMILES string of the molecule is CSCC[C@H](NC(=O)N(C)Cc1cccc(C)n1)C(=O)O. The van der Waals surface area contributed by atoms with Crippen molar-refractivity contribution in [3.8, 4) is 0 Å². The van der Waals surface area contributed by atoms with Crippen LogP contribution >= 0.6 is 11.8 Å². The van der Waals surface area contributed by atoms with E-state index in [2.05, 4.69) is 10.3 Å². The Morgan fingerprint density at radius 2 is 2.19 bits per heavy atom. The standard InChI is InChI=1S/C14H21N3O3S/c1-10-5-4-6-11(15-10)9-17(2)14(20)16-12(13(18)19)7-8-21-3/h4-6,12H,7-9H2,1-3H3,(H,16,20)(H,18,19)/t12-/m0/s1. The van der Waals surface area contributed by atoms with Gasteiger partial charge in [0.05, 0.1) is 12.2 Å². The average molecular weight is 311 g/mol. The van der Waals surface area contributed by atoms with Gasteiger partial charge < -0.3 is 15.3 Å². The smallest absolute Gasteiger partial charge is 0.326 e. The highest BCUT2D eigenvalue weighted by molar-refractivity contribution is 7.98. The molecule has 0 bridgehead atoms. The molecule has 1 aromatic rings. The van der Waals surface area contributed by atoms with Gasteiger partial charge in [-0.2, -0.15) is 11.8 Å². The first-order valence-corrected chi connectivity index (χ1v) is 7.99. The van der Waals surface area contributed by atoms with Gasteiger partial charge in [0.1, 0.15) is 6.04 Å². The Bertz CT molecular complexity index is 496. The molecule has 7 heteroatoms. The second-order valence-corrected chi connectivity index (χ2v) is 5.73. The third-order valence-corrected chi connectivity index (χ3v) is 3.54. The highest BCUT2D eigenvalue weighted by atomic mass is 32.2. The fourth-order valence-corrected chi connectivity index (χ4v) is 2.23. The number of carbonyl (C=O) groups is 2. The molecule has 2 amide bonds. The molecule has 0 saturated heterocycles. The van der Waals surface area contributed by atoms with Gasteiger partial charge >= 0.3 is 12.0 Å². The number of rotatable bonds is 7. The van der Waals surface area contributed by atoms with Crippen LogP contribution in [0.4, 0.5) is 4.79 Å². The fraction of sp³-hybridized carbons (Fsp3) is 0.500. The second-order valence-electron chi connectivity index (χ2n) is 4.75. The maximum Gasteiger partial charge on any atom is 0.326 e. The van der Waals surface area contributed by atoms with E-state index in [1.54, 1.807) is 18.8 Å². The number of carboxylic acid groups (broad SMARTS) is 1. The molecule has 1 rings (SSSR count). The molecule has 0 aromatic carbocycles. The minimum atomic E-state index is -1.01. The van der Waals surface area contributed by atoms with Crippen molar-refractivity contribution >= 4 is 23.8 Å². The van der Waals surface area contributed by atoms with Crippen LogP contribution in [0.15, 0.2) is 18.2 Å². The first-order chi connectivity index (χ1) is 9.93. The van der Waals surface area contributed by atoms with Gasteiger partial charge in [0.15, 0.2) is 0 Å². The van der Waals surface area contributed by atoms with Crippen LogP contribution in [0.3, 0.4) is 0 Å². The van der Waals surface area contributed by atoms with E-state index in [1.165, 1.54) is 4.90 Å². The summed E-state index contributed by atoms with van der Waals surface area (Å²) in [6, 6.07) is 4.32. The van der Waals surface area contributed by atoms with E-state index < -0.39 is 18.0 Å². The molecule has 1 aromatic heterocycles. The lowest BCUT2D eigenvalue weighted by Crippen LogP contribution is -2.46. The minimum absolute atomic E-state index is 0.336. The summed E-state index contributed by atoms with van der Waals surface area (Å²) >= 11 is 1.55. The molecule has 1 atom stereocenters. The Labute approximate surface area is 128 Å². The largest absolute Gasteiger partial charge is 0.480 e. The topological polar surface area (TPSA) is 82.5 Å². The molecule has 2 N–H and O–H groups in total. The normalized spacial score (nSPS) is 11.8. The van der Waals surface area contributed by atoms with Crippen molar-refractivity contribution in [1.82, 2.24) is 15.2 Å². The predicted molar refractivity (Wildman–Crippen MR) is 83.4 cm³/mol. The highest BCUT2D eigenvalue weighted by Crippen LogP contribution is 2.04. The maximum absolute atomic E-state index is 12.0. The summed E-state index contributed by atoms with van der Waals surface area (Å²) in [5, 5.41) is 11.6. The summed E-state index contributed by atoms with van der Waals surface area (Å²) in [6.45, 7) is 2.22. The molecular weight excluding hydrogens is 290 g/mol. The number of pyridine rings is 1. The number of aliphatic carboxylic acids is 1. The maximum atomic E-state index is 12.0. The third kappa shape index (κ3) is 6.03. The van der Waals surface area contributed by atoms with Crippen LogP contribution in [0.2, 0.25) is 0 Å². The van der Waals surface area contributed by atoms with Crippen LogP contribution < -0.4 is 5.32 Å². The molecule has 0 aliphatic rings. The first kappa shape index (κ1) is 17.3. The molecule has 0 saturated carbocycles. The van der Waals surface area contributed by atoms with Gasteiger partial charge in [-0.3, -0.25) is 4.98 Å². The summed E-state index contributed by atoms with van der Waals surface area (Å²) in [4.78, 5) is 28.9. The zero-order valence-electron chi connectivity index (χ0n) is 12.5. The fourth-order valence-electron chi connectivity index (χ4n) is 1.75. The van der Waals surface area contributed by atoms with E-state index in [1.807, 2.05) is 31.4 Å². The molecule has 6 nitrogen and oxygen atoms in total. The first-order valence-electron chi connectivity index (χ1n) is 6.60. The highest BCUT2D eigenvalue weighted by Gasteiger charge is 2.21. The quantitative estimate of drug-likeness (QED) is 0.801. The van der Waals surface area contributed by atoms with Crippen LogP contribution in [0.5, 0.6) is 0 Å². The summed E-state index contributed by atoms with van der Waals surface area (Å²) in [6.07, 6.45) is 2.30. The molecule has 1 heterocycles. The lowest BCUT2D eigenvalue weighted by molar-refractivity contribution is -0.139. The molecule has 0 spiro atoms. The van der Waals surface area contributed by atoms with E-state index in [-0.39, 0.29) is 0 Å². The van der Waals surface area contributed by atoms with Crippen molar-refractivity contribution in [1.29, 1.82) is 0 Å². The van der Waals surface area contributed by atoms with Gasteiger partial charge in [0.25, 0.3) is 0 Å². The van der Waals surface area contributed by atoms with Crippen LogP contribution in [0, 0.1) is 6.92 Å². The molecule has 0 aliphatic carbocycles. The number of nitrogens with one attached hydrogen (secondary N) is 1. The molecule has 0 aliphatic heterocycles. The van der Waals surface area contributed by atoms with Crippen molar-refractivity contribution in [3.05, 3.63) is 29.6 Å². The molecule has 0 fully saturated rings. The Morgan fingerprint density at radius 3 is 2.76 bits per heavy atom. The number of aryl methyl sites for hydroxylation is 1. The van der Waals surface area contributed by atoms with Gasteiger partial charge in [-0.15, -0.1) is 0 Å². The summed E-state index contributed by atoms with van der Waals surface area (Å²) in [5.41, 5.74) is 1.65. The van der Waals surface area contributed by atoms with Crippen molar-refractivity contribution in [2.24, 2.45) is 0 Å². The molecule has 0 radical (unpaired) electrons. The number of hydrogen-bond acceptors (Lipinski definition) is 4. The van der Waals surface area contributed by atoms with Crippen molar-refractivity contribution in [2.75, 3.05) is 19.1 Å². The minimum Gasteiger partial charge on any atom is -0.480 e. The lowest BCUT2D eigenvalue weighted by atomic mass is 10.2. The number of hydrogen-bond donors (Lipinski definition) is 2. The van der Waals surface area contributed by atoms with Crippen molar-refractivity contribution < 1.29 is 14.7 Å². The molecule has 21 heavy (non-hydrogen) atoms. The number of thioether (sulfide) groups is 1. The summed E-state index contributed by atoms with van der Waals surface area (Å²) < 4.78 is 0. The van der Waals surface area contributed by atoms with Gasteiger partial charge in [0, 0.05) is 12.7 Å². The number of carbonyl (C=O) groups excluding carboxylic acids is 1. The van der Waals surface area contributed by atoms with Crippen molar-refractivity contribution in [3.63, 3.8) is 0 Å². The molecule has 116 valence electrons. The summed E-state index contributed by atoms with van der Waals surface area (Å²) in [7, 11) is 1.62. The monoisotopic (exact) mass is 311 g/mol. The van der Waals surface area contributed by atoms with E-state index >= 15 is 0 Å². The number of amides is 2. The average Bonchev–Trinajstić information content (AvgIpc) is 2.42. The van der Waals surface area contributed by atoms with Crippen LogP contribution in [-0.4, -0.2) is 52.1 Å². The zero-order valence-corrected chi connectivity index (χ0v) is 13.3. The number of carboxylic acids is 1. The van der Waals surface area contributed by atoms with E-state index in [0.29, 0.717) is 18.7 Å². The zero-order chi connectivity index (χ0) is 15.8. The molecular formula is C14H21N3O3S. The van der Waals surface area contributed by atoms with E-state index in [9.17, 15) is 9.59 Å². The number of urea groups is 1. The van der Waals surface area contributed by atoms with Gasteiger partial charge in [0.2, 0.25) is 0 Å². The molecule has 0 unspecified atom stereocenters. The Morgan fingerprint density at radius 1 is 1.48 bits per heavy atom. The Hall–Kier alpha value is -1.76. The second kappa shape index (κ2) is 8.51. The van der Waals surface area contributed by atoms with Crippen LogP contribution in [0.1, 0.15) is 17.8 Å². The number of aromatic nitrogens is 1. The van der Waals surface area contributed by atoms with Crippen LogP contribution in [-0.2, 0) is 11.3 Å². The third-order valence-electron chi connectivity index (χ3n) is 2.90. The lowest BCUT2D eigenvalue weighted by Gasteiger charge is -2.21. The Balaban J connectivity index is 2.58. The van der Waals surface area contributed by atoms with E-state index in [0.717, 1.165) is 11.4 Å². The predicted octanol–water partition coefficient (Wildman–Crippen LogP) is 1.74. The van der Waals surface area contributed by atoms with Crippen LogP contribution in [0.25, 0.3) is 0 Å². The van der Waals surface area contributed by atoms with Gasteiger partial charge in [-0.05, 0) is 37.5 Å². The number of nitrogens with zero attached hydrogens (tertiary/aromatic N) is 2. The van der Waals surface area contributed by atoms with Gasteiger partial charge in [-0.25, -0.2) is 9.59 Å².